The molecule has 134 valence electrons. The number of amides is 2. The molecule has 0 radical (unpaired) electrons. The molecule has 0 aliphatic carbocycles. The van der Waals surface area contributed by atoms with E-state index in [2.05, 4.69) is 49.8 Å². The molecule has 1 saturated heterocycles. The zero-order valence-corrected chi connectivity index (χ0v) is 16.0. The molecule has 1 fully saturated rings. The fourth-order valence-electron chi connectivity index (χ4n) is 3.58. The molecule has 24 heavy (non-hydrogen) atoms. The third-order valence-electron chi connectivity index (χ3n) is 4.18. The van der Waals surface area contributed by atoms with Gasteiger partial charge in [0, 0.05) is 37.4 Å². The van der Waals surface area contributed by atoms with Crippen molar-refractivity contribution in [1.29, 1.82) is 0 Å². The first-order chi connectivity index (χ1) is 11.1. The van der Waals surface area contributed by atoms with E-state index in [1.165, 1.54) is 0 Å². The van der Waals surface area contributed by atoms with Gasteiger partial charge in [-0.2, -0.15) is 0 Å². The summed E-state index contributed by atoms with van der Waals surface area (Å²) >= 11 is 0. The van der Waals surface area contributed by atoms with Crippen molar-refractivity contribution in [2.45, 2.75) is 53.5 Å². The lowest BCUT2D eigenvalue weighted by Gasteiger charge is -2.39. The molecule has 5 nitrogen and oxygen atoms in total. The monoisotopic (exact) mass is 332 g/mol. The van der Waals surface area contributed by atoms with Gasteiger partial charge in [-0.15, -0.1) is 0 Å². The van der Waals surface area contributed by atoms with E-state index in [1.807, 2.05) is 30.0 Å². The molecule has 1 aliphatic heterocycles. The first-order valence-corrected chi connectivity index (χ1v) is 8.81. The van der Waals surface area contributed by atoms with Gasteiger partial charge in [-0.1, -0.05) is 26.8 Å². The minimum absolute atomic E-state index is 0.0427. The minimum Gasteiger partial charge on any atom is -0.353 e. The number of urea groups is 1. The van der Waals surface area contributed by atoms with Gasteiger partial charge in [0.15, 0.2) is 0 Å². The Kier molecular flexibility index (Phi) is 5.41. The van der Waals surface area contributed by atoms with Gasteiger partial charge in [0.25, 0.3) is 0 Å². The van der Waals surface area contributed by atoms with Crippen LogP contribution >= 0.6 is 0 Å². The number of carbonyl (C=O) groups excluding carboxylic acids is 1. The van der Waals surface area contributed by atoms with E-state index in [4.69, 9.17) is 0 Å². The van der Waals surface area contributed by atoms with Crippen molar-refractivity contribution in [3.05, 3.63) is 23.9 Å². The predicted octanol–water partition coefficient (Wildman–Crippen LogP) is 3.44. The Morgan fingerprint density at radius 1 is 1.12 bits per heavy atom. The van der Waals surface area contributed by atoms with Crippen LogP contribution in [-0.4, -0.2) is 47.6 Å². The highest BCUT2D eigenvalue weighted by atomic mass is 16.2. The summed E-state index contributed by atoms with van der Waals surface area (Å²) in [5.41, 5.74) is 1.01. The van der Waals surface area contributed by atoms with Crippen LogP contribution in [0.25, 0.3) is 0 Å². The number of rotatable bonds is 3. The van der Waals surface area contributed by atoms with Crippen LogP contribution in [0.1, 0.15) is 46.7 Å². The van der Waals surface area contributed by atoms with E-state index in [-0.39, 0.29) is 17.0 Å². The molecular formula is C19H32N4O. The van der Waals surface area contributed by atoms with Crippen LogP contribution in [0.2, 0.25) is 0 Å². The second-order valence-electron chi connectivity index (χ2n) is 8.66. The SMILES string of the molecule is Cc1cccc(N2CCN(C(=O)NC(C)(C)CC(C)(C)C)CC2)n1. The summed E-state index contributed by atoms with van der Waals surface area (Å²) in [5, 5.41) is 3.20. The molecule has 2 rings (SSSR count). The summed E-state index contributed by atoms with van der Waals surface area (Å²) in [6, 6.07) is 6.12. The quantitative estimate of drug-likeness (QED) is 0.922. The Balaban J connectivity index is 1.89. The molecular weight excluding hydrogens is 300 g/mol. The largest absolute Gasteiger partial charge is 0.353 e. The summed E-state index contributed by atoms with van der Waals surface area (Å²) in [7, 11) is 0. The number of nitrogens with one attached hydrogen (secondary N) is 1. The third kappa shape index (κ3) is 5.39. The molecule has 0 atom stereocenters. The van der Waals surface area contributed by atoms with Gasteiger partial charge in [-0.25, -0.2) is 9.78 Å². The second-order valence-corrected chi connectivity index (χ2v) is 8.66. The van der Waals surface area contributed by atoms with E-state index >= 15 is 0 Å². The van der Waals surface area contributed by atoms with E-state index in [9.17, 15) is 4.79 Å². The number of aryl methyl sites for hydroxylation is 1. The van der Waals surface area contributed by atoms with Crippen LogP contribution in [0.15, 0.2) is 18.2 Å². The van der Waals surface area contributed by atoms with E-state index in [0.29, 0.717) is 0 Å². The van der Waals surface area contributed by atoms with Crippen LogP contribution in [0.5, 0.6) is 0 Å². The Bertz CT molecular complexity index is 569. The molecule has 0 aromatic carbocycles. The maximum Gasteiger partial charge on any atom is 0.317 e. The second kappa shape index (κ2) is 6.99. The Morgan fingerprint density at radius 3 is 2.29 bits per heavy atom. The number of hydrogen-bond acceptors (Lipinski definition) is 3. The lowest BCUT2D eigenvalue weighted by atomic mass is 9.82. The van der Waals surface area contributed by atoms with Crippen molar-refractivity contribution >= 4 is 11.8 Å². The molecule has 0 spiro atoms. The normalized spacial score (nSPS) is 16.2. The maximum atomic E-state index is 12.6. The lowest BCUT2D eigenvalue weighted by molar-refractivity contribution is 0.172. The summed E-state index contributed by atoms with van der Waals surface area (Å²) in [4.78, 5) is 21.3. The third-order valence-corrected chi connectivity index (χ3v) is 4.18. The average molecular weight is 332 g/mol. The average Bonchev–Trinajstić information content (AvgIpc) is 2.44. The maximum absolute atomic E-state index is 12.6. The van der Waals surface area contributed by atoms with Gasteiger partial charge >= 0.3 is 6.03 Å². The zero-order chi connectivity index (χ0) is 18.0. The number of anilines is 1. The van der Waals surface area contributed by atoms with Crippen molar-refractivity contribution in [1.82, 2.24) is 15.2 Å². The molecule has 0 saturated carbocycles. The van der Waals surface area contributed by atoms with Crippen LogP contribution in [0, 0.1) is 12.3 Å². The predicted molar refractivity (Wildman–Crippen MR) is 99.4 cm³/mol. The number of carbonyl (C=O) groups is 1. The first-order valence-electron chi connectivity index (χ1n) is 8.81. The van der Waals surface area contributed by atoms with Crippen molar-refractivity contribution in [2.75, 3.05) is 31.1 Å². The molecule has 0 unspecified atom stereocenters. The topological polar surface area (TPSA) is 48.5 Å². The van der Waals surface area contributed by atoms with Crippen molar-refractivity contribution in [2.24, 2.45) is 5.41 Å². The fraction of sp³-hybridized carbons (Fsp3) is 0.684. The van der Waals surface area contributed by atoms with Gasteiger partial charge in [-0.3, -0.25) is 0 Å². The molecule has 2 heterocycles. The summed E-state index contributed by atoms with van der Waals surface area (Å²) in [6.07, 6.45) is 0.943. The number of nitrogens with zero attached hydrogens (tertiary/aromatic N) is 3. The molecule has 2 amide bonds. The highest BCUT2D eigenvalue weighted by Crippen LogP contribution is 2.27. The highest BCUT2D eigenvalue weighted by Gasteiger charge is 2.30. The van der Waals surface area contributed by atoms with Gasteiger partial charge in [0.05, 0.1) is 0 Å². The summed E-state index contributed by atoms with van der Waals surface area (Å²) in [5.74, 6) is 1.00. The lowest BCUT2D eigenvalue weighted by Crippen LogP contribution is -2.56. The summed E-state index contributed by atoms with van der Waals surface area (Å²) < 4.78 is 0. The van der Waals surface area contributed by atoms with Gasteiger partial charge in [-0.05, 0) is 44.7 Å². The number of piperazine rings is 1. The molecule has 0 bridgehead atoms. The summed E-state index contributed by atoms with van der Waals surface area (Å²) in [6.45, 7) is 15.9. The van der Waals surface area contributed by atoms with Crippen molar-refractivity contribution in [3.63, 3.8) is 0 Å². The van der Waals surface area contributed by atoms with Crippen LogP contribution in [0.4, 0.5) is 10.6 Å². The molecule has 1 N–H and O–H groups in total. The zero-order valence-electron chi connectivity index (χ0n) is 16.0. The molecule has 1 aliphatic rings. The van der Waals surface area contributed by atoms with Crippen LogP contribution < -0.4 is 10.2 Å². The highest BCUT2D eigenvalue weighted by molar-refractivity contribution is 5.75. The first kappa shape index (κ1) is 18.6. The van der Waals surface area contributed by atoms with Crippen LogP contribution in [-0.2, 0) is 0 Å². The van der Waals surface area contributed by atoms with Crippen molar-refractivity contribution < 1.29 is 4.79 Å². The Morgan fingerprint density at radius 2 is 1.75 bits per heavy atom. The Hall–Kier alpha value is -1.78. The van der Waals surface area contributed by atoms with E-state index in [0.717, 1.165) is 44.1 Å². The number of aromatic nitrogens is 1. The molecule has 1 aromatic heterocycles. The van der Waals surface area contributed by atoms with Gasteiger partial charge in [0.1, 0.15) is 5.82 Å². The molecule has 5 heteroatoms. The van der Waals surface area contributed by atoms with Crippen LogP contribution in [0.3, 0.4) is 0 Å². The smallest absolute Gasteiger partial charge is 0.317 e. The van der Waals surface area contributed by atoms with Gasteiger partial charge in [0.2, 0.25) is 0 Å². The Labute approximate surface area is 146 Å². The minimum atomic E-state index is -0.204. The van der Waals surface area contributed by atoms with E-state index < -0.39 is 0 Å². The fourth-order valence-corrected chi connectivity index (χ4v) is 3.58. The number of hydrogen-bond donors (Lipinski definition) is 1. The molecule has 1 aromatic rings. The number of pyridine rings is 1. The van der Waals surface area contributed by atoms with Gasteiger partial charge < -0.3 is 15.1 Å². The standard InChI is InChI=1S/C19H32N4O/c1-15-8-7-9-16(20-15)22-10-12-23(13-11-22)17(24)21-19(5,6)14-18(2,3)4/h7-9H,10-14H2,1-6H3,(H,21,24). The van der Waals surface area contributed by atoms with E-state index in [1.54, 1.807) is 0 Å². The van der Waals surface area contributed by atoms with Crippen molar-refractivity contribution in [3.8, 4) is 0 Å².